The molecule has 0 saturated heterocycles. The van der Waals surface area contributed by atoms with Gasteiger partial charge in [-0.3, -0.25) is 0 Å². The summed E-state index contributed by atoms with van der Waals surface area (Å²) in [5.74, 6) is 0. The molecule has 0 spiro atoms. The van der Waals surface area contributed by atoms with Crippen molar-refractivity contribution in [3.05, 3.63) is 35.4 Å². The normalized spacial score (nSPS) is 15.7. The maximum atomic E-state index is 3.54. The number of aryl methyl sites for hydroxylation is 1. The van der Waals surface area contributed by atoms with Crippen molar-refractivity contribution in [3.63, 3.8) is 0 Å². The van der Waals surface area contributed by atoms with Crippen molar-refractivity contribution in [1.29, 1.82) is 0 Å². The Morgan fingerprint density at radius 3 is 2.88 bits per heavy atom. The van der Waals surface area contributed by atoms with Gasteiger partial charge in [0.2, 0.25) is 0 Å². The average molecular weight is 218 g/mol. The molecule has 16 heavy (non-hydrogen) atoms. The van der Waals surface area contributed by atoms with Gasteiger partial charge in [0.05, 0.1) is 0 Å². The molecule has 0 heterocycles. The third-order valence-electron chi connectivity index (χ3n) is 3.04. The van der Waals surface area contributed by atoms with Crippen LogP contribution in [0.2, 0.25) is 0 Å². The maximum absolute atomic E-state index is 3.54. The van der Waals surface area contributed by atoms with Crippen molar-refractivity contribution in [2.45, 2.75) is 32.4 Å². The molecule has 1 aromatic rings. The molecule has 1 aliphatic carbocycles. The van der Waals surface area contributed by atoms with Crippen molar-refractivity contribution in [3.8, 4) is 0 Å². The van der Waals surface area contributed by atoms with Crippen molar-refractivity contribution >= 4 is 0 Å². The lowest BCUT2D eigenvalue weighted by molar-refractivity contribution is 0.324. The second-order valence-electron chi connectivity index (χ2n) is 4.96. The second kappa shape index (κ2) is 5.46. The minimum atomic E-state index is 0.826. The molecule has 1 fully saturated rings. The molecule has 0 aliphatic heterocycles. The Hall–Kier alpha value is -0.860. The Balaban J connectivity index is 1.70. The molecular weight excluding hydrogens is 196 g/mol. The molecule has 1 aromatic carbocycles. The summed E-state index contributed by atoms with van der Waals surface area (Å²) in [5, 5.41) is 3.54. The molecule has 1 N–H and O–H groups in total. The summed E-state index contributed by atoms with van der Waals surface area (Å²) in [4.78, 5) is 2.38. The van der Waals surface area contributed by atoms with Gasteiger partial charge in [-0.1, -0.05) is 29.8 Å². The SMILES string of the molecule is Cc1cccc(CN(C)CCNC2CC2)c1. The molecule has 2 nitrogen and oxygen atoms in total. The van der Waals surface area contributed by atoms with Gasteiger partial charge in [0.1, 0.15) is 0 Å². The van der Waals surface area contributed by atoms with Gasteiger partial charge in [0.25, 0.3) is 0 Å². The van der Waals surface area contributed by atoms with E-state index in [-0.39, 0.29) is 0 Å². The van der Waals surface area contributed by atoms with Crippen molar-refractivity contribution in [2.75, 3.05) is 20.1 Å². The predicted molar refractivity (Wildman–Crippen MR) is 68.5 cm³/mol. The zero-order chi connectivity index (χ0) is 11.4. The van der Waals surface area contributed by atoms with E-state index in [1.54, 1.807) is 0 Å². The van der Waals surface area contributed by atoms with Crippen LogP contribution in [-0.4, -0.2) is 31.1 Å². The van der Waals surface area contributed by atoms with Crippen molar-refractivity contribution < 1.29 is 0 Å². The predicted octanol–water partition coefficient (Wildman–Crippen LogP) is 2.18. The number of benzene rings is 1. The first-order chi connectivity index (χ1) is 7.74. The summed E-state index contributed by atoms with van der Waals surface area (Å²) in [5.41, 5.74) is 2.76. The fraction of sp³-hybridized carbons (Fsp3) is 0.571. The van der Waals surface area contributed by atoms with Gasteiger partial charge in [0, 0.05) is 25.7 Å². The molecule has 2 rings (SSSR count). The molecule has 88 valence electrons. The van der Waals surface area contributed by atoms with Crippen LogP contribution in [0.4, 0.5) is 0 Å². The Morgan fingerprint density at radius 2 is 2.19 bits per heavy atom. The highest BCUT2D eigenvalue weighted by Gasteiger charge is 2.19. The summed E-state index contributed by atoms with van der Waals surface area (Å²) >= 11 is 0. The largest absolute Gasteiger partial charge is 0.313 e. The molecule has 1 aliphatic rings. The highest BCUT2D eigenvalue weighted by molar-refractivity contribution is 5.21. The van der Waals surface area contributed by atoms with E-state index in [9.17, 15) is 0 Å². The molecule has 1 saturated carbocycles. The van der Waals surface area contributed by atoms with E-state index in [0.29, 0.717) is 0 Å². The molecular formula is C14H22N2. The summed E-state index contributed by atoms with van der Waals surface area (Å²) in [6.45, 7) is 5.45. The van der Waals surface area contributed by atoms with E-state index in [2.05, 4.69) is 48.5 Å². The van der Waals surface area contributed by atoms with Crippen LogP contribution in [-0.2, 0) is 6.54 Å². The highest BCUT2D eigenvalue weighted by atomic mass is 15.1. The van der Waals surface area contributed by atoms with Crippen LogP contribution in [0.5, 0.6) is 0 Å². The minimum absolute atomic E-state index is 0.826. The summed E-state index contributed by atoms with van der Waals surface area (Å²) in [7, 11) is 2.19. The van der Waals surface area contributed by atoms with Crippen molar-refractivity contribution in [2.24, 2.45) is 0 Å². The smallest absolute Gasteiger partial charge is 0.0231 e. The number of hydrogen-bond acceptors (Lipinski definition) is 2. The van der Waals surface area contributed by atoms with E-state index in [1.807, 2.05) is 0 Å². The third-order valence-corrected chi connectivity index (χ3v) is 3.04. The van der Waals surface area contributed by atoms with Gasteiger partial charge in [-0.25, -0.2) is 0 Å². The number of nitrogens with zero attached hydrogens (tertiary/aromatic N) is 1. The van der Waals surface area contributed by atoms with Crippen LogP contribution in [0.15, 0.2) is 24.3 Å². The van der Waals surface area contributed by atoms with Gasteiger partial charge >= 0.3 is 0 Å². The standard InChI is InChI=1S/C14H22N2/c1-12-4-3-5-13(10-12)11-16(2)9-8-15-14-6-7-14/h3-5,10,14-15H,6-9,11H2,1-2H3. The average Bonchev–Trinajstić information content (AvgIpc) is 3.01. The van der Waals surface area contributed by atoms with Crippen LogP contribution < -0.4 is 5.32 Å². The Morgan fingerprint density at radius 1 is 1.38 bits per heavy atom. The van der Waals surface area contributed by atoms with Gasteiger partial charge in [-0.05, 0) is 32.4 Å². The first-order valence-corrected chi connectivity index (χ1v) is 6.21. The van der Waals surface area contributed by atoms with Crippen LogP contribution in [0.3, 0.4) is 0 Å². The monoisotopic (exact) mass is 218 g/mol. The summed E-state index contributed by atoms with van der Waals surface area (Å²) in [6.07, 6.45) is 2.75. The fourth-order valence-corrected chi connectivity index (χ4v) is 1.95. The van der Waals surface area contributed by atoms with E-state index in [0.717, 1.165) is 25.7 Å². The topological polar surface area (TPSA) is 15.3 Å². The minimum Gasteiger partial charge on any atom is -0.313 e. The first kappa shape index (κ1) is 11.6. The molecule has 0 aromatic heterocycles. The van der Waals surface area contributed by atoms with E-state index in [4.69, 9.17) is 0 Å². The lowest BCUT2D eigenvalue weighted by Crippen LogP contribution is -2.30. The lowest BCUT2D eigenvalue weighted by atomic mass is 10.1. The molecule has 0 bridgehead atoms. The van der Waals surface area contributed by atoms with E-state index < -0.39 is 0 Å². The summed E-state index contributed by atoms with van der Waals surface area (Å²) < 4.78 is 0. The molecule has 0 atom stereocenters. The number of nitrogens with one attached hydrogen (secondary N) is 1. The number of likely N-dealkylation sites (N-methyl/N-ethyl adjacent to an activating group) is 1. The van der Waals surface area contributed by atoms with Gasteiger partial charge in [0.15, 0.2) is 0 Å². The van der Waals surface area contributed by atoms with Crippen LogP contribution in [0.25, 0.3) is 0 Å². The van der Waals surface area contributed by atoms with Crippen LogP contribution in [0.1, 0.15) is 24.0 Å². The van der Waals surface area contributed by atoms with Gasteiger partial charge < -0.3 is 10.2 Å². The number of rotatable bonds is 6. The third kappa shape index (κ3) is 3.95. The van der Waals surface area contributed by atoms with Gasteiger partial charge in [-0.2, -0.15) is 0 Å². The van der Waals surface area contributed by atoms with E-state index >= 15 is 0 Å². The lowest BCUT2D eigenvalue weighted by Gasteiger charge is -2.17. The fourth-order valence-electron chi connectivity index (χ4n) is 1.95. The van der Waals surface area contributed by atoms with Gasteiger partial charge in [-0.15, -0.1) is 0 Å². The molecule has 0 unspecified atom stereocenters. The Labute approximate surface area is 98.7 Å². The van der Waals surface area contributed by atoms with E-state index in [1.165, 1.54) is 24.0 Å². The molecule has 0 amide bonds. The Kier molecular flexibility index (Phi) is 3.97. The zero-order valence-corrected chi connectivity index (χ0v) is 10.4. The van der Waals surface area contributed by atoms with Crippen molar-refractivity contribution in [1.82, 2.24) is 10.2 Å². The molecule has 0 radical (unpaired) electrons. The zero-order valence-electron chi connectivity index (χ0n) is 10.4. The molecule has 2 heteroatoms. The van der Waals surface area contributed by atoms with Crippen LogP contribution in [0, 0.1) is 6.92 Å². The second-order valence-corrected chi connectivity index (χ2v) is 4.96. The quantitative estimate of drug-likeness (QED) is 0.787. The summed E-state index contributed by atoms with van der Waals surface area (Å²) in [6, 6.07) is 9.59. The number of hydrogen-bond donors (Lipinski definition) is 1. The highest BCUT2D eigenvalue weighted by Crippen LogP contribution is 2.18. The Bertz CT molecular complexity index is 331. The first-order valence-electron chi connectivity index (χ1n) is 6.21. The maximum Gasteiger partial charge on any atom is 0.0231 e. The van der Waals surface area contributed by atoms with Crippen LogP contribution >= 0.6 is 0 Å².